The molecular weight excluding hydrogens is 412 g/mol. The number of ether oxygens (including phenoxy) is 1. The maximum absolute atomic E-state index is 14.1. The van der Waals surface area contributed by atoms with Crippen molar-refractivity contribution in [2.24, 2.45) is 10.2 Å². The zero-order chi connectivity index (χ0) is 22.5. The van der Waals surface area contributed by atoms with Gasteiger partial charge in [-0.25, -0.2) is 4.79 Å². The van der Waals surface area contributed by atoms with Crippen molar-refractivity contribution in [3.63, 3.8) is 0 Å². The van der Waals surface area contributed by atoms with Gasteiger partial charge in [-0.3, -0.25) is 0 Å². The predicted octanol–water partition coefficient (Wildman–Crippen LogP) is 2.13. The topological polar surface area (TPSA) is 61.7 Å². The van der Waals surface area contributed by atoms with Gasteiger partial charge >= 0.3 is 25.0 Å². The second kappa shape index (κ2) is 11.2. The van der Waals surface area contributed by atoms with Crippen LogP contribution in [-0.2, 0) is 4.74 Å². The summed E-state index contributed by atoms with van der Waals surface area (Å²) in [7, 11) is -1.59. The first-order valence-electron chi connectivity index (χ1n) is 10.3. The number of benzene rings is 3. The largest absolute Gasteiger partial charge is 1.00 e. The van der Waals surface area contributed by atoms with E-state index in [1.54, 1.807) is 0 Å². The van der Waals surface area contributed by atoms with Crippen molar-refractivity contribution in [1.29, 1.82) is 0 Å². The summed E-state index contributed by atoms with van der Waals surface area (Å²) in [6, 6.07) is 29.2. The van der Waals surface area contributed by atoms with E-state index in [0.717, 1.165) is 16.2 Å². The van der Waals surface area contributed by atoms with E-state index in [4.69, 9.17) is 9.48 Å². The van der Waals surface area contributed by atoms with Crippen LogP contribution in [0.25, 0.3) is 0 Å². The molecule has 1 amide bonds. The summed E-state index contributed by atoms with van der Waals surface area (Å²) in [5.74, 6) is 0. The van der Waals surface area contributed by atoms with Crippen LogP contribution in [0.3, 0.4) is 0 Å². The second-order valence-corrected chi connectivity index (χ2v) is 11.7. The van der Waals surface area contributed by atoms with E-state index >= 15 is 0 Å². The minimum atomic E-state index is -2.92. The molecule has 0 radical (unpaired) electrons. The Morgan fingerprint density at radius 1 is 0.844 bits per heavy atom. The summed E-state index contributed by atoms with van der Waals surface area (Å²) < 4.78 is 9.75. The molecule has 2 unspecified atom stereocenters. The van der Waals surface area contributed by atoms with Crippen LogP contribution in [0.15, 0.2) is 95.7 Å². The van der Waals surface area contributed by atoms with E-state index in [-0.39, 0.29) is 18.9 Å². The van der Waals surface area contributed by atoms with E-state index in [0.29, 0.717) is 0 Å². The van der Waals surface area contributed by atoms with E-state index in [9.17, 15) is 9.90 Å². The molecule has 0 aromatic heterocycles. The molecule has 0 heterocycles. The van der Waals surface area contributed by atoms with Crippen LogP contribution < -0.4 is 34.6 Å². The third kappa shape index (κ3) is 5.45. The van der Waals surface area contributed by atoms with Crippen molar-refractivity contribution >= 4 is 23.8 Å². The molecule has 3 rings (SSSR count). The Labute approximate surface area is 203 Å². The van der Waals surface area contributed by atoms with Crippen LogP contribution in [0, 0.1) is 5.41 Å². The van der Waals surface area contributed by atoms with Gasteiger partial charge in [0, 0.05) is 12.7 Å². The summed E-state index contributed by atoms with van der Waals surface area (Å²) in [6.07, 6.45) is -1.68. The van der Waals surface area contributed by atoms with Gasteiger partial charge in [-0.1, -0.05) is 112 Å². The van der Waals surface area contributed by atoms with Gasteiger partial charge in [0.05, 0.1) is 7.11 Å². The number of hydrogen-bond donors (Lipinski definition) is 0. The Morgan fingerprint density at radius 2 is 1.25 bits per heavy atom. The Hall–Kier alpha value is -2.08. The number of nitrogens with zero attached hydrogens (tertiary/aromatic N) is 1. The van der Waals surface area contributed by atoms with E-state index in [2.05, 4.69) is 0 Å². The number of amides is 1. The van der Waals surface area contributed by atoms with Crippen molar-refractivity contribution in [2.45, 2.75) is 32.5 Å². The Kier molecular flexibility index (Phi) is 9.14. The molecule has 2 atom stereocenters. The summed E-state index contributed by atoms with van der Waals surface area (Å²) in [5.41, 5.74) is -0.218. The Morgan fingerprint density at radius 3 is 1.62 bits per heavy atom. The van der Waals surface area contributed by atoms with Gasteiger partial charge in [0.2, 0.25) is 0 Å². The first kappa shape index (κ1) is 26.2. The van der Waals surface area contributed by atoms with Crippen LogP contribution in [0.5, 0.6) is 0 Å². The van der Waals surface area contributed by atoms with Crippen LogP contribution >= 0.6 is 7.05 Å². The van der Waals surface area contributed by atoms with Crippen LogP contribution in [-0.4, -0.2) is 19.3 Å². The third-order valence-electron chi connectivity index (χ3n) is 5.40. The molecule has 0 bridgehead atoms. The molecule has 0 aliphatic heterocycles. The molecule has 0 fully saturated rings. The maximum atomic E-state index is 14.1. The van der Waals surface area contributed by atoms with Crippen LogP contribution in [0.4, 0.5) is 4.79 Å². The van der Waals surface area contributed by atoms with Gasteiger partial charge in [-0.2, -0.15) is 4.74 Å². The van der Waals surface area contributed by atoms with Gasteiger partial charge in [0.15, 0.2) is 0 Å². The molecule has 0 N–H and O–H groups in total. The number of carbonyl (C=O) groups is 1. The molecule has 0 aliphatic carbocycles. The Bertz CT molecular complexity index is 1010. The van der Waals surface area contributed by atoms with Crippen LogP contribution in [0.1, 0.15) is 32.0 Å². The van der Waals surface area contributed by atoms with E-state index < -0.39 is 30.3 Å². The molecule has 3 aromatic carbocycles. The molecule has 0 saturated carbocycles. The fourth-order valence-corrected chi connectivity index (χ4v) is 8.17. The average molecular weight is 441 g/mol. The molecule has 3 aromatic rings. The molecule has 6 heteroatoms. The molecule has 0 saturated heterocycles. The smallest absolute Gasteiger partial charge is 0.851 e. The minimum absolute atomic E-state index is 0. The summed E-state index contributed by atoms with van der Waals surface area (Å²) in [6.45, 7) is 5.84. The van der Waals surface area contributed by atoms with E-state index in [1.807, 2.05) is 112 Å². The zero-order valence-electron chi connectivity index (χ0n) is 19.4. The first-order chi connectivity index (χ1) is 14.8. The number of carbonyl (C=O) groups excluding carboxylic acids is 1. The molecular formula is C26H29LiNO3P. The molecule has 4 nitrogen and oxygen atoms in total. The van der Waals surface area contributed by atoms with Crippen molar-refractivity contribution in [3.8, 4) is 0 Å². The predicted molar refractivity (Wildman–Crippen MR) is 126 cm³/mol. The van der Waals surface area contributed by atoms with Gasteiger partial charge in [0.1, 0.15) is 0 Å². The third-order valence-corrected chi connectivity index (χ3v) is 9.42. The van der Waals surface area contributed by atoms with Gasteiger partial charge in [-0.05, 0) is 21.6 Å². The average Bonchev–Trinajstić information content (AvgIpc) is 2.79. The Balaban J connectivity index is 0.00000363. The molecule has 0 aliphatic rings. The molecule has 32 heavy (non-hydrogen) atoms. The summed E-state index contributed by atoms with van der Waals surface area (Å²) >= 11 is 0. The van der Waals surface area contributed by atoms with E-state index in [1.165, 1.54) is 7.11 Å². The van der Waals surface area contributed by atoms with Crippen LogP contribution in [0.2, 0.25) is 0 Å². The molecule has 0 spiro atoms. The number of methoxy groups -OCH3 is 1. The normalized spacial score (nSPS) is 13.4. The monoisotopic (exact) mass is 441 g/mol. The minimum Gasteiger partial charge on any atom is -0.851 e. The fraction of sp³-hybridized carbons (Fsp3) is 0.269. The maximum Gasteiger partial charge on any atom is 1.00 e. The van der Waals surface area contributed by atoms with Crippen molar-refractivity contribution < 1.29 is 33.5 Å². The second-order valence-electron chi connectivity index (χ2n) is 8.57. The summed E-state index contributed by atoms with van der Waals surface area (Å²) in [5, 5.41) is 15.9. The zero-order valence-corrected chi connectivity index (χ0v) is 20.3. The number of rotatable bonds is 5. The van der Waals surface area contributed by atoms with Gasteiger partial charge < -0.3 is 9.84 Å². The quantitative estimate of drug-likeness (QED) is 0.450. The van der Waals surface area contributed by atoms with Crippen molar-refractivity contribution in [3.05, 3.63) is 96.6 Å². The fourth-order valence-electron chi connectivity index (χ4n) is 3.84. The first-order valence-corrected chi connectivity index (χ1v) is 12.1. The molecule has 162 valence electrons. The van der Waals surface area contributed by atoms with Gasteiger partial charge in [0.25, 0.3) is 0 Å². The summed E-state index contributed by atoms with van der Waals surface area (Å²) in [4.78, 5) is 12.7. The van der Waals surface area contributed by atoms with Gasteiger partial charge in [-0.15, -0.1) is 6.10 Å². The standard InChI is InChI=1S/C26H29NO3P.Li/c1-26(2,3)24(28)23(20-14-8-5-9-15-20)31(27-25(29)30-4,21-16-10-6-11-17-21)22-18-12-7-13-19-22;/h5-19,23-24H,1-4H3;/q-1;+1. The van der Waals surface area contributed by atoms with Crippen molar-refractivity contribution in [2.75, 3.05) is 7.11 Å². The number of hydrogen-bond acceptors (Lipinski definition) is 3. The SMILES string of the molecule is COC(=O)N=P(c1ccccc1)(c1ccccc1)C(c1ccccc1)C([O-])C(C)(C)C.[Li+]. The van der Waals surface area contributed by atoms with Crippen molar-refractivity contribution in [1.82, 2.24) is 0 Å².